The summed E-state index contributed by atoms with van der Waals surface area (Å²) in [6, 6.07) is -1.000. The molecule has 0 amide bonds. The number of alkyl halides is 6. The van der Waals surface area contributed by atoms with Crippen molar-refractivity contribution in [3.8, 4) is 0 Å². The van der Waals surface area contributed by atoms with Gasteiger partial charge in [0.2, 0.25) is 0 Å². The number of hydrazine groups is 1. The van der Waals surface area contributed by atoms with Crippen LogP contribution >= 0.6 is 11.3 Å². The second-order valence-electron chi connectivity index (χ2n) is 3.44. The van der Waals surface area contributed by atoms with Crippen LogP contribution in [0.1, 0.15) is 28.8 Å². The molecule has 0 saturated heterocycles. The summed E-state index contributed by atoms with van der Waals surface area (Å²) in [4.78, 5) is 3.14. The van der Waals surface area contributed by atoms with E-state index in [0.29, 0.717) is 0 Å². The van der Waals surface area contributed by atoms with E-state index in [1.807, 2.05) is 0 Å². The van der Waals surface area contributed by atoms with E-state index in [-0.39, 0.29) is 16.2 Å². The van der Waals surface area contributed by atoms with Crippen molar-refractivity contribution in [3.05, 3.63) is 16.1 Å². The zero-order chi connectivity index (χ0) is 14.0. The lowest BCUT2D eigenvalue weighted by atomic mass is 10.1. The molecule has 1 aromatic rings. The third-order valence-corrected chi connectivity index (χ3v) is 3.18. The highest BCUT2D eigenvalue weighted by molar-refractivity contribution is 7.11. The minimum atomic E-state index is -4.61. The summed E-state index contributed by atoms with van der Waals surface area (Å²) < 4.78 is 72.8. The van der Waals surface area contributed by atoms with Gasteiger partial charge in [-0.05, 0) is 6.42 Å². The Bertz CT molecular complexity index is 385. The van der Waals surface area contributed by atoms with Gasteiger partial charge in [-0.3, -0.25) is 11.3 Å². The lowest BCUT2D eigenvalue weighted by Gasteiger charge is -2.14. The highest BCUT2D eigenvalue weighted by Gasteiger charge is 2.36. The highest BCUT2D eigenvalue weighted by atomic mass is 32.1. The molecule has 1 rings (SSSR count). The summed E-state index contributed by atoms with van der Waals surface area (Å²) >= 11 is 0.277. The first-order valence-corrected chi connectivity index (χ1v) is 5.51. The minimum absolute atomic E-state index is 0.0223. The van der Waals surface area contributed by atoms with Crippen molar-refractivity contribution >= 4 is 11.3 Å². The molecular weight excluding hydrogens is 284 g/mol. The van der Waals surface area contributed by atoms with Crippen LogP contribution in [0.4, 0.5) is 26.3 Å². The molecule has 18 heavy (non-hydrogen) atoms. The van der Waals surface area contributed by atoms with Gasteiger partial charge in [-0.1, -0.05) is 0 Å². The van der Waals surface area contributed by atoms with Crippen LogP contribution in [-0.2, 0) is 6.18 Å². The Morgan fingerprint density at radius 2 is 1.89 bits per heavy atom. The normalized spacial score (nSPS) is 14.8. The quantitative estimate of drug-likeness (QED) is 0.510. The van der Waals surface area contributed by atoms with Gasteiger partial charge in [0.15, 0.2) is 5.01 Å². The molecule has 1 heterocycles. The lowest BCUT2D eigenvalue weighted by Crippen LogP contribution is -2.28. The van der Waals surface area contributed by atoms with Crippen LogP contribution in [0, 0.1) is 0 Å². The van der Waals surface area contributed by atoms with Crippen molar-refractivity contribution < 1.29 is 26.3 Å². The van der Waals surface area contributed by atoms with Crippen molar-refractivity contribution in [1.29, 1.82) is 0 Å². The molecule has 1 aromatic heterocycles. The molecule has 0 bridgehead atoms. The molecule has 3 N–H and O–H groups in total. The number of hydrogen-bond acceptors (Lipinski definition) is 4. The lowest BCUT2D eigenvalue weighted by molar-refractivity contribution is -0.138. The zero-order valence-electron chi connectivity index (χ0n) is 8.77. The number of nitrogens with zero attached hydrogens (tertiary/aromatic N) is 1. The van der Waals surface area contributed by atoms with Gasteiger partial charge in [-0.25, -0.2) is 4.98 Å². The first-order valence-electron chi connectivity index (χ1n) is 4.69. The summed E-state index contributed by atoms with van der Waals surface area (Å²) in [7, 11) is 0. The molecule has 3 nitrogen and oxygen atoms in total. The van der Waals surface area contributed by atoms with Crippen LogP contribution < -0.4 is 11.3 Å². The number of halogens is 6. The van der Waals surface area contributed by atoms with Gasteiger partial charge < -0.3 is 0 Å². The van der Waals surface area contributed by atoms with Gasteiger partial charge >= 0.3 is 12.4 Å². The number of thiazole rings is 1. The maximum Gasteiger partial charge on any atom is 0.443 e. The molecule has 1 unspecified atom stereocenters. The molecule has 10 heteroatoms. The fraction of sp³-hybridized carbons (Fsp3) is 0.625. The van der Waals surface area contributed by atoms with E-state index in [9.17, 15) is 26.3 Å². The third kappa shape index (κ3) is 4.42. The van der Waals surface area contributed by atoms with Crippen LogP contribution in [0.3, 0.4) is 0 Å². The van der Waals surface area contributed by atoms with Gasteiger partial charge in [0.1, 0.15) is 0 Å². The Hall–Kier alpha value is -0.870. The van der Waals surface area contributed by atoms with Gasteiger partial charge in [0.05, 0.1) is 6.04 Å². The molecular formula is C8H9F6N3S. The average Bonchev–Trinajstić information content (AvgIpc) is 2.65. The third-order valence-electron chi connectivity index (χ3n) is 2.03. The first kappa shape index (κ1) is 15.2. The van der Waals surface area contributed by atoms with Crippen molar-refractivity contribution in [1.82, 2.24) is 10.4 Å². The molecule has 0 aliphatic carbocycles. The van der Waals surface area contributed by atoms with E-state index in [0.717, 1.165) is 6.20 Å². The number of nitrogens with two attached hydrogens (primary N) is 1. The Morgan fingerprint density at radius 1 is 1.28 bits per heavy atom. The van der Waals surface area contributed by atoms with Gasteiger partial charge in [-0.2, -0.15) is 26.3 Å². The van der Waals surface area contributed by atoms with E-state index >= 15 is 0 Å². The van der Waals surface area contributed by atoms with Gasteiger partial charge in [-0.15, -0.1) is 11.3 Å². The molecule has 0 fully saturated rings. The van der Waals surface area contributed by atoms with Gasteiger partial charge in [0, 0.05) is 17.5 Å². The predicted molar refractivity (Wildman–Crippen MR) is 52.5 cm³/mol. The highest BCUT2D eigenvalue weighted by Crippen LogP contribution is 2.36. The topological polar surface area (TPSA) is 50.9 Å². The van der Waals surface area contributed by atoms with E-state index in [2.05, 4.69) is 10.4 Å². The van der Waals surface area contributed by atoms with Crippen molar-refractivity contribution in [2.45, 2.75) is 31.2 Å². The summed E-state index contributed by atoms with van der Waals surface area (Å²) in [6.45, 7) is 0. The Balaban J connectivity index is 2.74. The summed E-state index contributed by atoms with van der Waals surface area (Å²) in [5.74, 6) is 5.03. The number of aromatic nitrogens is 1. The molecule has 0 spiro atoms. The van der Waals surface area contributed by atoms with Crippen molar-refractivity contribution in [2.24, 2.45) is 5.84 Å². The second-order valence-corrected chi connectivity index (χ2v) is 4.50. The van der Waals surface area contributed by atoms with Crippen LogP contribution in [-0.4, -0.2) is 11.2 Å². The summed E-state index contributed by atoms with van der Waals surface area (Å²) in [5.41, 5.74) is 2.06. The Morgan fingerprint density at radius 3 is 2.28 bits per heavy atom. The van der Waals surface area contributed by atoms with Crippen LogP contribution in [0.5, 0.6) is 0 Å². The SMILES string of the molecule is NNC(CCC(F)(F)F)c1cnc(C(F)(F)F)s1. The molecule has 0 radical (unpaired) electrons. The number of rotatable bonds is 4. The fourth-order valence-electron chi connectivity index (χ4n) is 1.19. The maximum absolute atomic E-state index is 12.3. The monoisotopic (exact) mass is 293 g/mol. The summed E-state index contributed by atoms with van der Waals surface area (Å²) in [5, 5.41) is -1.11. The number of nitrogens with one attached hydrogen (secondary N) is 1. The second kappa shape index (κ2) is 5.41. The minimum Gasteiger partial charge on any atom is -0.271 e. The number of hydrogen-bond donors (Lipinski definition) is 2. The first-order chi connectivity index (χ1) is 8.13. The zero-order valence-corrected chi connectivity index (χ0v) is 9.59. The molecule has 0 aliphatic heterocycles. The van der Waals surface area contributed by atoms with Crippen molar-refractivity contribution in [3.63, 3.8) is 0 Å². The smallest absolute Gasteiger partial charge is 0.271 e. The summed E-state index contributed by atoms with van der Waals surface area (Å²) in [6.07, 6.45) is -9.69. The predicted octanol–water partition coefficient (Wildman–Crippen LogP) is 3.01. The maximum atomic E-state index is 12.3. The van der Waals surface area contributed by atoms with Gasteiger partial charge in [0.25, 0.3) is 0 Å². The molecule has 1 atom stereocenters. The van der Waals surface area contributed by atoms with E-state index in [1.165, 1.54) is 0 Å². The Labute approximate surface area is 102 Å². The largest absolute Gasteiger partial charge is 0.443 e. The van der Waals surface area contributed by atoms with Crippen LogP contribution in [0.2, 0.25) is 0 Å². The van der Waals surface area contributed by atoms with E-state index < -0.39 is 36.2 Å². The molecule has 104 valence electrons. The fourth-order valence-corrected chi connectivity index (χ4v) is 2.07. The Kier molecular flexibility index (Phi) is 4.56. The van der Waals surface area contributed by atoms with Crippen LogP contribution in [0.25, 0.3) is 0 Å². The van der Waals surface area contributed by atoms with Crippen molar-refractivity contribution in [2.75, 3.05) is 0 Å². The van der Waals surface area contributed by atoms with Crippen LogP contribution in [0.15, 0.2) is 6.20 Å². The van der Waals surface area contributed by atoms with E-state index in [1.54, 1.807) is 0 Å². The standard InChI is InChI=1S/C8H9F6N3S/c9-7(10,11)2-1-4(17-15)5-3-16-6(18-5)8(12,13)14/h3-4,17H,1-2,15H2. The van der Waals surface area contributed by atoms with E-state index in [4.69, 9.17) is 5.84 Å². The average molecular weight is 293 g/mol. The molecule has 0 aliphatic rings. The molecule has 0 aromatic carbocycles. The molecule has 0 saturated carbocycles.